The maximum Gasteiger partial charge on any atom is 0.415 e. The first-order valence-corrected chi connectivity index (χ1v) is 6.35. The minimum Gasteiger partial charge on any atom is -0.382 e. The SMILES string of the molecule is CC1CCC(CCNCC(O)C(F)(F)F)CC1. The summed E-state index contributed by atoms with van der Waals surface area (Å²) in [5, 5.41) is 11.5. The third-order valence-electron chi connectivity index (χ3n) is 3.58. The van der Waals surface area contributed by atoms with Gasteiger partial charge in [0.2, 0.25) is 0 Å². The van der Waals surface area contributed by atoms with Gasteiger partial charge in [-0.25, -0.2) is 0 Å². The van der Waals surface area contributed by atoms with Crippen molar-refractivity contribution in [3.8, 4) is 0 Å². The van der Waals surface area contributed by atoms with Gasteiger partial charge in [-0.2, -0.15) is 13.2 Å². The number of aliphatic hydroxyl groups excluding tert-OH is 1. The lowest BCUT2D eigenvalue weighted by molar-refractivity contribution is -0.201. The largest absolute Gasteiger partial charge is 0.415 e. The smallest absolute Gasteiger partial charge is 0.382 e. The van der Waals surface area contributed by atoms with E-state index in [1.165, 1.54) is 25.7 Å². The van der Waals surface area contributed by atoms with E-state index in [1.807, 2.05) is 0 Å². The number of aliphatic hydroxyl groups is 1. The van der Waals surface area contributed by atoms with Crippen molar-refractivity contribution in [3.63, 3.8) is 0 Å². The first-order chi connectivity index (χ1) is 7.89. The highest BCUT2D eigenvalue weighted by Crippen LogP contribution is 2.29. The van der Waals surface area contributed by atoms with Crippen LogP contribution in [0.25, 0.3) is 0 Å². The van der Waals surface area contributed by atoms with E-state index in [1.54, 1.807) is 0 Å². The van der Waals surface area contributed by atoms with E-state index >= 15 is 0 Å². The highest BCUT2D eigenvalue weighted by Gasteiger charge is 2.37. The summed E-state index contributed by atoms with van der Waals surface area (Å²) in [5.41, 5.74) is 0. The lowest BCUT2D eigenvalue weighted by Gasteiger charge is -2.26. The van der Waals surface area contributed by atoms with Crippen LogP contribution in [0.1, 0.15) is 39.0 Å². The number of hydrogen-bond acceptors (Lipinski definition) is 2. The van der Waals surface area contributed by atoms with E-state index in [-0.39, 0.29) is 0 Å². The second-order valence-corrected chi connectivity index (χ2v) is 5.18. The van der Waals surface area contributed by atoms with Crippen LogP contribution in [0.2, 0.25) is 0 Å². The Morgan fingerprint density at radius 2 is 1.82 bits per heavy atom. The Balaban J connectivity index is 2.04. The van der Waals surface area contributed by atoms with Crippen molar-refractivity contribution >= 4 is 0 Å². The summed E-state index contributed by atoms with van der Waals surface area (Å²) in [7, 11) is 0. The molecule has 1 aliphatic rings. The first-order valence-electron chi connectivity index (χ1n) is 6.35. The fraction of sp³-hybridized carbons (Fsp3) is 1.00. The molecule has 0 spiro atoms. The highest BCUT2D eigenvalue weighted by molar-refractivity contribution is 4.72. The zero-order valence-electron chi connectivity index (χ0n) is 10.3. The Bertz CT molecular complexity index is 212. The van der Waals surface area contributed by atoms with Crippen LogP contribution in [0.3, 0.4) is 0 Å². The third kappa shape index (κ3) is 5.73. The maximum absolute atomic E-state index is 12.0. The molecule has 0 aromatic heterocycles. The minimum atomic E-state index is -4.51. The standard InChI is InChI=1S/C12H22F3NO/c1-9-2-4-10(5-3-9)6-7-16-8-11(17)12(13,14)15/h9-11,16-17H,2-8H2,1H3. The van der Waals surface area contributed by atoms with Gasteiger partial charge in [-0.15, -0.1) is 0 Å². The van der Waals surface area contributed by atoms with Crippen LogP contribution >= 0.6 is 0 Å². The Hall–Kier alpha value is -0.290. The van der Waals surface area contributed by atoms with E-state index in [0.717, 1.165) is 12.3 Å². The molecule has 2 N–H and O–H groups in total. The van der Waals surface area contributed by atoms with Gasteiger partial charge >= 0.3 is 6.18 Å². The molecular weight excluding hydrogens is 231 g/mol. The van der Waals surface area contributed by atoms with E-state index in [9.17, 15) is 13.2 Å². The molecule has 0 aromatic carbocycles. The van der Waals surface area contributed by atoms with Crippen molar-refractivity contribution in [1.82, 2.24) is 5.32 Å². The van der Waals surface area contributed by atoms with Crippen LogP contribution in [0.5, 0.6) is 0 Å². The first kappa shape index (κ1) is 14.8. The molecule has 2 nitrogen and oxygen atoms in total. The van der Waals surface area contributed by atoms with Gasteiger partial charge in [0.25, 0.3) is 0 Å². The van der Waals surface area contributed by atoms with E-state index in [0.29, 0.717) is 12.5 Å². The van der Waals surface area contributed by atoms with Gasteiger partial charge in [-0.1, -0.05) is 32.6 Å². The van der Waals surface area contributed by atoms with Gasteiger partial charge in [-0.3, -0.25) is 0 Å². The van der Waals surface area contributed by atoms with Gasteiger partial charge in [0.1, 0.15) is 0 Å². The molecule has 1 saturated carbocycles. The fourth-order valence-corrected chi connectivity index (χ4v) is 2.28. The quantitative estimate of drug-likeness (QED) is 0.738. The normalized spacial score (nSPS) is 28.1. The second-order valence-electron chi connectivity index (χ2n) is 5.18. The third-order valence-corrected chi connectivity index (χ3v) is 3.58. The van der Waals surface area contributed by atoms with Crippen LogP contribution in [0, 0.1) is 11.8 Å². The van der Waals surface area contributed by atoms with Crippen LogP contribution in [0.15, 0.2) is 0 Å². The summed E-state index contributed by atoms with van der Waals surface area (Å²) in [6, 6.07) is 0. The summed E-state index contributed by atoms with van der Waals surface area (Å²) >= 11 is 0. The molecule has 0 aromatic rings. The van der Waals surface area contributed by atoms with Gasteiger partial charge in [0, 0.05) is 6.54 Å². The maximum atomic E-state index is 12.0. The van der Waals surface area contributed by atoms with Gasteiger partial charge < -0.3 is 10.4 Å². The zero-order valence-corrected chi connectivity index (χ0v) is 10.3. The average molecular weight is 253 g/mol. The molecule has 0 radical (unpaired) electrons. The van der Waals surface area contributed by atoms with Crippen molar-refractivity contribution in [2.45, 2.75) is 51.3 Å². The second kappa shape index (κ2) is 6.59. The number of alkyl halides is 3. The van der Waals surface area contributed by atoms with Gasteiger partial charge in [0.05, 0.1) is 0 Å². The molecule has 102 valence electrons. The molecule has 1 unspecified atom stereocenters. The molecule has 0 heterocycles. The molecule has 0 aliphatic heterocycles. The lowest BCUT2D eigenvalue weighted by atomic mass is 9.81. The molecule has 0 amide bonds. The van der Waals surface area contributed by atoms with E-state index < -0.39 is 18.8 Å². The van der Waals surface area contributed by atoms with Gasteiger partial charge in [0.15, 0.2) is 6.10 Å². The van der Waals surface area contributed by atoms with Crippen molar-refractivity contribution in [2.24, 2.45) is 11.8 Å². The summed E-state index contributed by atoms with van der Waals surface area (Å²) in [6.07, 6.45) is -1.00. The topological polar surface area (TPSA) is 32.3 Å². The molecule has 0 saturated heterocycles. The zero-order chi connectivity index (χ0) is 12.9. The summed E-state index contributed by atoms with van der Waals surface area (Å²) < 4.78 is 36.0. The molecule has 1 rings (SSSR count). The molecule has 1 atom stereocenters. The van der Waals surface area contributed by atoms with Crippen molar-refractivity contribution < 1.29 is 18.3 Å². The van der Waals surface area contributed by atoms with Crippen molar-refractivity contribution in [1.29, 1.82) is 0 Å². The number of rotatable bonds is 5. The fourth-order valence-electron chi connectivity index (χ4n) is 2.28. The Morgan fingerprint density at radius 3 is 2.35 bits per heavy atom. The lowest BCUT2D eigenvalue weighted by Crippen LogP contribution is -2.39. The number of hydrogen-bond donors (Lipinski definition) is 2. The molecule has 17 heavy (non-hydrogen) atoms. The van der Waals surface area contributed by atoms with Gasteiger partial charge in [-0.05, 0) is 24.8 Å². The molecule has 0 bridgehead atoms. The Morgan fingerprint density at radius 1 is 1.24 bits per heavy atom. The molecule has 5 heteroatoms. The Labute approximate surface area is 101 Å². The highest BCUT2D eigenvalue weighted by atomic mass is 19.4. The predicted octanol–water partition coefficient (Wildman–Crippen LogP) is 2.72. The van der Waals surface area contributed by atoms with E-state index in [2.05, 4.69) is 12.2 Å². The van der Waals surface area contributed by atoms with Crippen LogP contribution < -0.4 is 5.32 Å². The Kier molecular flexibility index (Phi) is 5.73. The molecule has 1 aliphatic carbocycles. The number of halogens is 3. The monoisotopic (exact) mass is 253 g/mol. The molecular formula is C12H22F3NO. The molecule has 1 fully saturated rings. The van der Waals surface area contributed by atoms with E-state index in [4.69, 9.17) is 5.11 Å². The van der Waals surface area contributed by atoms with Crippen LogP contribution in [-0.2, 0) is 0 Å². The summed E-state index contributed by atoms with van der Waals surface area (Å²) in [6.45, 7) is 2.41. The summed E-state index contributed by atoms with van der Waals surface area (Å²) in [4.78, 5) is 0. The van der Waals surface area contributed by atoms with Crippen molar-refractivity contribution in [2.75, 3.05) is 13.1 Å². The van der Waals surface area contributed by atoms with Crippen LogP contribution in [-0.4, -0.2) is 30.5 Å². The predicted molar refractivity (Wildman–Crippen MR) is 60.7 cm³/mol. The number of nitrogens with one attached hydrogen (secondary N) is 1. The van der Waals surface area contributed by atoms with Crippen molar-refractivity contribution in [3.05, 3.63) is 0 Å². The average Bonchev–Trinajstić information content (AvgIpc) is 2.25. The summed E-state index contributed by atoms with van der Waals surface area (Å²) in [5.74, 6) is 1.44. The minimum absolute atomic E-state index is 0.396. The van der Waals surface area contributed by atoms with Crippen LogP contribution in [0.4, 0.5) is 13.2 Å².